The van der Waals surface area contributed by atoms with E-state index in [4.69, 9.17) is 11.6 Å². The normalized spacial score (nSPS) is 18.6. The first kappa shape index (κ1) is 26.2. The fourth-order valence-corrected chi connectivity index (χ4v) is 6.35. The fourth-order valence-electron chi connectivity index (χ4n) is 5.12. The topological polar surface area (TPSA) is 80.7 Å². The number of nitro benzene ring substituents is 1. The van der Waals surface area contributed by atoms with Crippen molar-refractivity contribution in [3.05, 3.63) is 91.3 Å². The minimum absolute atomic E-state index is 0.0298. The van der Waals surface area contributed by atoms with Crippen LogP contribution in [0.2, 0.25) is 5.02 Å². The maximum Gasteiger partial charge on any atom is 0.289 e. The number of para-hydroxylation sites is 1. The molecule has 10 heteroatoms. The molecule has 1 saturated heterocycles. The number of benzene rings is 2. The third-order valence-corrected chi connectivity index (χ3v) is 8.29. The molecule has 2 aliphatic rings. The predicted octanol–water partition coefficient (Wildman–Crippen LogP) is 7.73. The number of halogens is 2. The number of amides is 1. The van der Waals surface area contributed by atoms with Crippen molar-refractivity contribution in [1.82, 2.24) is 9.47 Å². The summed E-state index contributed by atoms with van der Waals surface area (Å²) in [5.74, 6) is -0.571. The largest absolute Gasteiger partial charge is 0.318 e. The first-order valence-electron chi connectivity index (χ1n) is 12.4. The summed E-state index contributed by atoms with van der Waals surface area (Å²) in [6.07, 6.45) is 6.83. The van der Waals surface area contributed by atoms with Crippen LogP contribution in [0.15, 0.2) is 58.4 Å². The van der Waals surface area contributed by atoms with Crippen LogP contribution in [0.4, 0.5) is 15.8 Å². The summed E-state index contributed by atoms with van der Waals surface area (Å²) in [7, 11) is 0. The molecule has 5 rings (SSSR count). The Hall–Kier alpha value is -3.43. The Labute approximate surface area is 229 Å². The Balaban J connectivity index is 1.54. The molecule has 0 atom stereocenters. The van der Waals surface area contributed by atoms with Gasteiger partial charge in [0.1, 0.15) is 16.5 Å². The van der Waals surface area contributed by atoms with E-state index in [1.165, 1.54) is 30.0 Å². The summed E-state index contributed by atoms with van der Waals surface area (Å²) in [5, 5.41) is 12.0. The van der Waals surface area contributed by atoms with E-state index in [0.717, 1.165) is 49.1 Å². The minimum atomic E-state index is -0.507. The molecule has 2 heterocycles. The number of thioether (sulfide) groups is 1. The average molecular weight is 553 g/mol. The quantitative estimate of drug-likeness (QED) is 0.184. The first-order chi connectivity index (χ1) is 18.2. The van der Waals surface area contributed by atoms with Crippen molar-refractivity contribution in [2.24, 2.45) is 4.99 Å². The zero-order chi connectivity index (χ0) is 27.0. The first-order valence-corrected chi connectivity index (χ1v) is 13.6. The number of nitrogens with zero attached hydrogens (tertiary/aromatic N) is 4. The van der Waals surface area contributed by atoms with Gasteiger partial charge in [-0.3, -0.25) is 19.8 Å². The molecular weight excluding hydrogens is 527 g/mol. The van der Waals surface area contributed by atoms with Crippen molar-refractivity contribution in [3.8, 4) is 5.69 Å². The maximum atomic E-state index is 14.4. The molecule has 7 nitrogen and oxygen atoms in total. The van der Waals surface area contributed by atoms with Gasteiger partial charge in [-0.15, -0.1) is 0 Å². The van der Waals surface area contributed by atoms with Gasteiger partial charge in [-0.2, -0.15) is 0 Å². The van der Waals surface area contributed by atoms with E-state index >= 15 is 0 Å². The number of carbonyl (C=O) groups excluding carboxylic acids is 1. The molecule has 0 unspecified atom stereocenters. The van der Waals surface area contributed by atoms with Crippen LogP contribution < -0.4 is 0 Å². The molecule has 3 aromatic rings. The van der Waals surface area contributed by atoms with E-state index < -0.39 is 10.7 Å². The third kappa shape index (κ3) is 5.00. The fraction of sp³-hybridized carbons (Fsp3) is 0.286. The Morgan fingerprint density at radius 3 is 2.58 bits per heavy atom. The minimum Gasteiger partial charge on any atom is -0.318 e. The molecule has 0 radical (unpaired) electrons. The second-order valence-corrected chi connectivity index (χ2v) is 10.9. The van der Waals surface area contributed by atoms with Crippen LogP contribution in [0.1, 0.15) is 49.1 Å². The predicted molar refractivity (Wildman–Crippen MR) is 150 cm³/mol. The highest BCUT2D eigenvalue weighted by atomic mass is 35.5. The third-order valence-electron chi connectivity index (χ3n) is 6.99. The van der Waals surface area contributed by atoms with E-state index in [1.807, 2.05) is 30.6 Å². The molecule has 1 saturated carbocycles. The van der Waals surface area contributed by atoms with E-state index in [0.29, 0.717) is 15.8 Å². The SMILES string of the molecule is Cc1cc(/C=C2\SC(=Nc3ccccc3F)N(C3CCCCC3)C2=O)c(C)n1-c1ccc(Cl)c([N+](=O)[O-])c1. The van der Waals surface area contributed by atoms with Crippen LogP contribution in [0, 0.1) is 29.8 Å². The second-order valence-electron chi connectivity index (χ2n) is 9.48. The lowest BCUT2D eigenvalue weighted by atomic mass is 9.94. The van der Waals surface area contributed by atoms with Crippen LogP contribution in [-0.2, 0) is 4.79 Å². The van der Waals surface area contributed by atoms with Crippen LogP contribution in [-0.4, -0.2) is 31.5 Å². The van der Waals surface area contributed by atoms with Gasteiger partial charge in [-0.05, 0) is 80.4 Å². The molecule has 0 bridgehead atoms. The number of carbonyl (C=O) groups is 1. The smallest absolute Gasteiger partial charge is 0.289 e. The summed E-state index contributed by atoms with van der Waals surface area (Å²) in [6, 6.07) is 12.9. The van der Waals surface area contributed by atoms with E-state index in [2.05, 4.69) is 4.99 Å². The highest BCUT2D eigenvalue weighted by Crippen LogP contribution is 2.39. The zero-order valence-corrected chi connectivity index (χ0v) is 22.6. The van der Waals surface area contributed by atoms with Gasteiger partial charge in [-0.25, -0.2) is 9.38 Å². The molecular formula is C28H26ClFN4O3S. The van der Waals surface area contributed by atoms with Gasteiger partial charge in [0, 0.05) is 23.5 Å². The number of amidine groups is 1. The highest BCUT2D eigenvalue weighted by molar-refractivity contribution is 8.18. The molecule has 196 valence electrons. The molecule has 2 aromatic carbocycles. The van der Waals surface area contributed by atoms with Crippen molar-refractivity contribution in [3.63, 3.8) is 0 Å². The van der Waals surface area contributed by atoms with Crippen molar-refractivity contribution >= 4 is 51.9 Å². The number of nitro groups is 1. The van der Waals surface area contributed by atoms with Gasteiger partial charge < -0.3 is 4.57 Å². The average Bonchev–Trinajstić information content (AvgIpc) is 3.35. The van der Waals surface area contributed by atoms with Crippen LogP contribution >= 0.6 is 23.4 Å². The lowest BCUT2D eigenvalue weighted by molar-refractivity contribution is -0.384. The van der Waals surface area contributed by atoms with E-state index in [-0.39, 0.29) is 28.3 Å². The summed E-state index contributed by atoms with van der Waals surface area (Å²) in [4.78, 5) is 31.4. The molecule has 1 aliphatic heterocycles. The molecule has 0 N–H and O–H groups in total. The van der Waals surface area contributed by atoms with Crippen LogP contribution in [0.5, 0.6) is 0 Å². The number of aryl methyl sites for hydroxylation is 1. The molecule has 38 heavy (non-hydrogen) atoms. The van der Waals surface area contributed by atoms with Crippen LogP contribution in [0.25, 0.3) is 11.8 Å². The summed E-state index contributed by atoms with van der Waals surface area (Å²) < 4.78 is 16.3. The Kier molecular flexibility index (Phi) is 7.40. The van der Waals surface area contributed by atoms with Gasteiger partial charge >= 0.3 is 0 Å². The summed E-state index contributed by atoms with van der Waals surface area (Å²) >= 11 is 7.26. The monoisotopic (exact) mass is 552 g/mol. The number of hydrogen-bond donors (Lipinski definition) is 0. The Morgan fingerprint density at radius 1 is 1.13 bits per heavy atom. The van der Waals surface area contributed by atoms with Gasteiger partial charge in [-0.1, -0.05) is 43.0 Å². The van der Waals surface area contributed by atoms with Gasteiger partial charge in [0.25, 0.3) is 11.6 Å². The molecule has 1 amide bonds. The summed E-state index contributed by atoms with van der Waals surface area (Å²) in [6.45, 7) is 3.80. The number of aromatic nitrogens is 1. The van der Waals surface area contributed by atoms with Crippen LogP contribution in [0.3, 0.4) is 0 Å². The van der Waals surface area contributed by atoms with E-state index in [9.17, 15) is 19.3 Å². The standard InChI is InChI=1S/C28H26ClFN4O3S/c1-17-14-19(18(2)32(17)21-12-13-22(29)25(16-21)34(36)37)15-26-27(35)33(20-8-4-3-5-9-20)28(38-26)31-24-11-7-6-10-23(24)30/h6-7,10-16,20H,3-5,8-9H2,1-2H3/b26-15-,31-28?. The molecule has 1 aromatic heterocycles. The van der Waals surface area contributed by atoms with Gasteiger partial charge in [0.2, 0.25) is 0 Å². The number of aliphatic imine (C=N–C) groups is 1. The Morgan fingerprint density at radius 2 is 1.87 bits per heavy atom. The second kappa shape index (κ2) is 10.7. The number of rotatable bonds is 5. The van der Waals surface area contributed by atoms with Crippen molar-refractivity contribution in [2.75, 3.05) is 0 Å². The van der Waals surface area contributed by atoms with Crippen molar-refractivity contribution < 1.29 is 14.1 Å². The van der Waals surface area contributed by atoms with Gasteiger partial charge in [0.15, 0.2) is 5.17 Å². The van der Waals surface area contributed by atoms with Gasteiger partial charge in [0.05, 0.1) is 15.5 Å². The lowest BCUT2D eigenvalue weighted by Crippen LogP contribution is -2.40. The lowest BCUT2D eigenvalue weighted by Gasteiger charge is -2.30. The van der Waals surface area contributed by atoms with E-state index in [1.54, 1.807) is 29.2 Å². The Bertz CT molecular complexity index is 1490. The van der Waals surface area contributed by atoms with Crippen molar-refractivity contribution in [2.45, 2.75) is 52.0 Å². The maximum absolute atomic E-state index is 14.4. The number of hydrogen-bond acceptors (Lipinski definition) is 5. The molecule has 0 spiro atoms. The zero-order valence-electron chi connectivity index (χ0n) is 21.0. The molecule has 2 fully saturated rings. The summed E-state index contributed by atoms with van der Waals surface area (Å²) in [5.41, 5.74) is 3.13. The van der Waals surface area contributed by atoms with Crippen molar-refractivity contribution in [1.29, 1.82) is 0 Å². The highest BCUT2D eigenvalue weighted by Gasteiger charge is 2.39. The molecule has 1 aliphatic carbocycles.